The van der Waals surface area contributed by atoms with E-state index in [2.05, 4.69) is 60.5 Å². The second kappa shape index (κ2) is 8.46. The molecule has 4 nitrogen and oxygen atoms in total. The van der Waals surface area contributed by atoms with Crippen molar-refractivity contribution in [3.05, 3.63) is 59.3 Å². The van der Waals surface area contributed by atoms with E-state index in [-0.39, 0.29) is 0 Å². The maximum atomic E-state index is 5.44. The summed E-state index contributed by atoms with van der Waals surface area (Å²) in [5, 5.41) is 3.51. The van der Waals surface area contributed by atoms with Crippen LogP contribution in [-0.4, -0.2) is 49.9 Å². The van der Waals surface area contributed by atoms with Gasteiger partial charge in [0.1, 0.15) is 5.75 Å². The third kappa shape index (κ3) is 4.13. The summed E-state index contributed by atoms with van der Waals surface area (Å²) in [5.74, 6) is 1.20. The summed E-state index contributed by atoms with van der Waals surface area (Å²) in [6.07, 6.45) is 11.2. The Hall–Kier alpha value is -2.17. The molecule has 1 aromatic carbocycles. The van der Waals surface area contributed by atoms with E-state index in [9.17, 15) is 0 Å². The third-order valence-electron chi connectivity index (χ3n) is 5.92. The number of nitrogens with zero attached hydrogens (tertiary/aromatic N) is 2. The second-order valence-corrected chi connectivity index (χ2v) is 8.09. The van der Waals surface area contributed by atoms with Gasteiger partial charge in [-0.15, -0.1) is 0 Å². The number of piperazine rings is 1. The molecule has 3 aliphatic rings. The number of benzene rings is 1. The summed E-state index contributed by atoms with van der Waals surface area (Å²) >= 11 is 0. The fourth-order valence-electron chi connectivity index (χ4n) is 4.34. The Morgan fingerprint density at radius 2 is 2.11 bits per heavy atom. The number of rotatable bonds is 6. The van der Waals surface area contributed by atoms with Crippen molar-refractivity contribution in [1.82, 2.24) is 10.2 Å². The van der Waals surface area contributed by atoms with Gasteiger partial charge in [0.05, 0.1) is 12.8 Å². The lowest BCUT2D eigenvalue weighted by Crippen LogP contribution is -2.49. The van der Waals surface area contributed by atoms with Gasteiger partial charge < -0.3 is 15.0 Å². The largest absolute Gasteiger partial charge is 0.497 e. The Labute approximate surface area is 168 Å². The van der Waals surface area contributed by atoms with Crippen LogP contribution in [0.15, 0.2) is 53.2 Å². The van der Waals surface area contributed by atoms with Crippen LogP contribution in [0.3, 0.4) is 0 Å². The van der Waals surface area contributed by atoms with Crippen LogP contribution in [0.1, 0.15) is 30.9 Å². The molecule has 0 saturated carbocycles. The lowest BCUT2D eigenvalue weighted by atomic mass is 9.96. The number of ether oxygens (including phenoxy) is 1. The van der Waals surface area contributed by atoms with Gasteiger partial charge in [-0.3, -0.25) is 4.99 Å². The predicted octanol–water partition coefficient (Wildman–Crippen LogP) is 3.99. The van der Waals surface area contributed by atoms with Crippen molar-refractivity contribution >= 4 is 11.3 Å². The number of hydrogen-bond acceptors (Lipinski definition) is 4. The van der Waals surface area contributed by atoms with Crippen LogP contribution in [-0.2, 0) is 0 Å². The van der Waals surface area contributed by atoms with E-state index in [0.29, 0.717) is 12.0 Å². The van der Waals surface area contributed by atoms with E-state index in [1.54, 1.807) is 7.11 Å². The molecule has 2 heterocycles. The second-order valence-electron chi connectivity index (χ2n) is 8.09. The first-order valence-corrected chi connectivity index (χ1v) is 10.4. The zero-order valence-corrected chi connectivity index (χ0v) is 17.2. The van der Waals surface area contributed by atoms with Gasteiger partial charge in [0.15, 0.2) is 0 Å². The Kier molecular flexibility index (Phi) is 5.79. The normalized spacial score (nSPS) is 24.5. The first-order chi connectivity index (χ1) is 13.6. The number of dihydropyridines is 1. The summed E-state index contributed by atoms with van der Waals surface area (Å²) in [6, 6.07) is 6.88. The van der Waals surface area contributed by atoms with E-state index in [0.717, 1.165) is 44.8 Å². The molecule has 1 fully saturated rings. The molecule has 148 valence electrons. The van der Waals surface area contributed by atoms with E-state index < -0.39 is 0 Å². The first-order valence-electron chi connectivity index (χ1n) is 10.4. The van der Waals surface area contributed by atoms with Crippen molar-refractivity contribution in [2.24, 2.45) is 10.9 Å². The molecule has 1 N–H and O–H groups in total. The van der Waals surface area contributed by atoms with Crippen LogP contribution in [0.2, 0.25) is 0 Å². The molecule has 1 saturated heterocycles. The van der Waals surface area contributed by atoms with E-state index in [1.807, 2.05) is 6.07 Å². The van der Waals surface area contributed by atoms with Crippen molar-refractivity contribution in [3.63, 3.8) is 0 Å². The molecule has 4 rings (SSSR count). The number of hydrogen-bond donors (Lipinski definition) is 1. The van der Waals surface area contributed by atoms with Crippen molar-refractivity contribution < 1.29 is 4.74 Å². The SMILES string of the molecule is COc1ccc(C)c(C2=C3N=C(CCCN4CCN[C@@H](C)C4)C=CC3C=C2)c1. The highest BCUT2D eigenvalue weighted by atomic mass is 16.5. The van der Waals surface area contributed by atoms with Crippen molar-refractivity contribution in [2.45, 2.75) is 32.7 Å². The average molecular weight is 378 g/mol. The van der Waals surface area contributed by atoms with Gasteiger partial charge in [-0.25, -0.2) is 0 Å². The molecule has 1 aliphatic carbocycles. The maximum absolute atomic E-state index is 5.44. The Morgan fingerprint density at radius 1 is 1.25 bits per heavy atom. The molecule has 4 heteroatoms. The van der Waals surface area contributed by atoms with Gasteiger partial charge in [-0.2, -0.15) is 0 Å². The number of fused-ring (bicyclic) bond motifs is 1. The highest BCUT2D eigenvalue weighted by Gasteiger charge is 2.23. The monoisotopic (exact) mass is 377 g/mol. The van der Waals surface area contributed by atoms with Gasteiger partial charge in [0, 0.05) is 42.9 Å². The number of allylic oxidation sites excluding steroid dienone is 4. The minimum absolute atomic E-state index is 0.304. The third-order valence-corrected chi connectivity index (χ3v) is 5.92. The molecule has 0 bridgehead atoms. The standard InChI is InChI=1S/C24H31N3O/c1-17-6-10-21(28-3)15-23(17)22-11-8-19-7-9-20(26-24(19)22)5-4-13-27-14-12-25-18(2)16-27/h6-11,15,18-19,25H,4-5,12-14,16H2,1-3H3/t18-,19?/m0/s1. The summed E-state index contributed by atoms with van der Waals surface area (Å²) in [4.78, 5) is 7.64. The quantitative estimate of drug-likeness (QED) is 0.815. The highest BCUT2D eigenvalue weighted by molar-refractivity contribution is 5.99. The van der Waals surface area contributed by atoms with Crippen LogP contribution in [0.4, 0.5) is 0 Å². The van der Waals surface area contributed by atoms with Gasteiger partial charge in [0.25, 0.3) is 0 Å². The van der Waals surface area contributed by atoms with Crippen LogP contribution < -0.4 is 10.1 Å². The fourth-order valence-corrected chi connectivity index (χ4v) is 4.34. The maximum Gasteiger partial charge on any atom is 0.119 e. The zero-order valence-electron chi connectivity index (χ0n) is 17.2. The molecule has 2 atom stereocenters. The molecule has 1 unspecified atom stereocenters. The molecule has 0 aromatic heterocycles. The van der Waals surface area contributed by atoms with Crippen LogP contribution in [0.5, 0.6) is 5.75 Å². The Bertz CT molecular complexity index is 849. The van der Waals surface area contributed by atoms with Crippen molar-refractivity contribution in [3.8, 4) is 5.75 Å². The lowest BCUT2D eigenvalue weighted by Gasteiger charge is -2.31. The van der Waals surface area contributed by atoms with Gasteiger partial charge in [0.2, 0.25) is 0 Å². The minimum Gasteiger partial charge on any atom is -0.497 e. The van der Waals surface area contributed by atoms with Crippen molar-refractivity contribution in [2.75, 3.05) is 33.3 Å². The van der Waals surface area contributed by atoms with Crippen LogP contribution in [0, 0.1) is 12.8 Å². The minimum atomic E-state index is 0.304. The topological polar surface area (TPSA) is 36.9 Å². The molecule has 0 spiro atoms. The van der Waals surface area contributed by atoms with Gasteiger partial charge in [-0.1, -0.05) is 24.3 Å². The number of aliphatic imine (C=N–C) groups is 1. The molecule has 1 aromatic rings. The smallest absolute Gasteiger partial charge is 0.119 e. The number of aryl methyl sites for hydroxylation is 1. The Balaban J connectivity index is 1.47. The molecule has 0 amide bonds. The fraction of sp³-hybridized carbons (Fsp3) is 0.458. The predicted molar refractivity (Wildman–Crippen MR) is 117 cm³/mol. The highest BCUT2D eigenvalue weighted by Crippen LogP contribution is 2.38. The summed E-state index contributed by atoms with van der Waals surface area (Å²) in [7, 11) is 1.72. The Morgan fingerprint density at radius 3 is 2.93 bits per heavy atom. The molecular weight excluding hydrogens is 346 g/mol. The molecule has 0 radical (unpaired) electrons. The van der Waals surface area contributed by atoms with Crippen LogP contribution in [0.25, 0.3) is 5.57 Å². The average Bonchev–Trinajstić information content (AvgIpc) is 3.11. The number of nitrogens with one attached hydrogen (secondary N) is 1. The number of methoxy groups -OCH3 is 1. The summed E-state index contributed by atoms with van der Waals surface area (Å²) in [6.45, 7) is 8.98. The van der Waals surface area contributed by atoms with Gasteiger partial charge >= 0.3 is 0 Å². The van der Waals surface area contributed by atoms with Crippen molar-refractivity contribution in [1.29, 1.82) is 0 Å². The van der Waals surface area contributed by atoms with Crippen LogP contribution >= 0.6 is 0 Å². The molecule has 2 aliphatic heterocycles. The lowest BCUT2D eigenvalue weighted by molar-refractivity contribution is 0.206. The molecular formula is C24H31N3O. The summed E-state index contributed by atoms with van der Waals surface area (Å²) in [5.41, 5.74) is 6.11. The first kappa shape index (κ1) is 19.2. The molecule has 28 heavy (non-hydrogen) atoms. The summed E-state index contributed by atoms with van der Waals surface area (Å²) < 4.78 is 5.44. The van der Waals surface area contributed by atoms with Gasteiger partial charge in [-0.05, 0) is 62.6 Å². The van der Waals surface area contributed by atoms with E-state index in [1.165, 1.54) is 28.1 Å². The van der Waals surface area contributed by atoms with E-state index >= 15 is 0 Å². The van der Waals surface area contributed by atoms with E-state index in [4.69, 9.17) is 9.73 Å². The zero-order chi connectivity index (χ0) is 19.5.